The molecule has 1 rings (SSSR count). The van der Waals surface area contributed by atoms with E-state index in [-0.39, 0.29) is 5.91 Å². The fraction of sp³-hybridized carbons (Fsp3) is 0.417. The molecule has 1 unspecified atom stereocenters. The van der Waals surface area contributed by atoms with Crippen molar-refractivity contribution in [2.75, 3.05) is 0 Å². The molecule has 0 aromatic heterocycles. The minimum Gasteiger partial charge on any atom is -0.370 e. The minimum atomic E-state index is -0.203. The van der Waals surface area contributed by atoms with Crippen LogP contribution in [0.1, 0.15) is 25.3 Å². The van der Waals surface area contributed by atoms with Crippen LogP contribution in [0.4, 0.5) is 0 Å². The number of aryl methyl sites for hydroxylation is 1. The van der Waals surface area contributed by atoms with Crippen LogP contribution in [-0.2, 0) is 11.2 Å². The normalized spacial score (nSPS) is 12.4. The Morgan fingerprint density at radius 2 is 2.00 bits per heavy atom. The summed E-state index contributed by atoms with van der Waals surface area (Å²) in [6.45, 7) is 2.06. The second-order valence-electron chi connectivity index (χ2n) is 3.80. The largest absolute Gasteiger partial charge is 0.370 e. The van der Waals surface area contributed by atoms with Crippen molar-refractivity contribution >= 4 is 5.91 Å². The SMILES string of the molecule is CC(CCc1ccccc1)CC(N)=O. The monoisotopic (exact) mass is 191 g/mol. The van der Waals surface area contributed by atoms with Crippen molar-refractivity contribution in [3.05, 3.63) is 35.9 Å². The van der Waals surface area contributed by atoms with Crippen molar-refractivity contribution in [2.45, 2.75) is 26.2 Å². The Hall–Kier alpha value is -1.31. The molecule has 1 aromatic carbocycles. The topological polar surface area (TPSA) is 43.1 Å². The molecule has 0 radical (unpaired) electrons. The zero-order valence-electron chi connectivity index (χ0n) is 8.57. The summed E-state index contributed by atoms with van der Waals surface area (Å²) in [4.78, 5) is 10.6. The van der Waals surface area contributed by atoms with E-state index in [1.54, 1.807) is 0 Å². The molecule has 0 spiro atoms. The lowest BCUT2D eigenvalue weighted by Crippen LogP contribution is -2.14. The number of primary amides is 1. The van der Waals surface area contributed by atoms with Crippen LogP contribution in [0, 0.1) is 5.92 Å². The Balaban J connectivity index is 2.30. The summed E-state index contributed by atoms with van der Waals surface area (Å²) >= 11 is 0. The molecule has 0 aliphatic rings. The van der Waals surface area contributed by atoms with Gasteiger partial charge in [-0.25, -0.2) is 0 Å². The van der Waals surface area contributed by atoms with Gasteiger partial charge in [0.25, 0.3) is 0 Å². The van der Waals surface area contributed by atoms with Crippen molar-refractivity contribution in [2.24, 2.45) is 11.7 Å². The number of nitrogens with two attached hydrogens (primary N) is 1. The van der Waals surface area contributed by atoms with Gasteiger partial charge in [-0.15, -0.1) is 0 Å². The van der Waals surface area contributed by atoms with E-state index in [0.717, 1.165) is 12.8 Å². The average Bonchev–Trinajstić information content (AvgIpc) is 2.15. The van der Waals surface area contributed by atoms with Crippen molar-refractivity contribution in [3.63, 3.8) is 0 Å². The summed E-state index contributed by atoms with van der Waals surface area (Å²) < 4.78 is 0. The summed E-state index contributed by atoms with van der Waals surface area (Å²) in [5, 5.41) is 0. The zero-order valence-corrected chi connectivity index (χ0v) is 8.57. The Bertz CT molecular complexity index is 282. The van der Waals surface area contributed by atoms with Crippen LogP contribution in [0.15, 0.2) is 30.3 Å². The number of amides is 1. The molecule has 0 aliphatic carbocycles. The van der Waals surface area contributed by atoms with Gasteiger partial charge < -0.3 is 5.73 Å². The predicted molar refractivity (Wildman–Crippen MR) is 57.7 cm³/mol. The van der Waals surface area contributed by atoms with Gasteiger partial charge in [0.15, 0.2) is 0 Å². The Labute approximate surface area is 85.1 Å². The van der Waals surface area contributed by atoms with E-state index in [1.165, 1.54) is 5.56 Å². The number of hydrogen-bond donors (Lipinski definition) is 1. The van der Waals surface area contributed by atoms with E-state index in [1.807, 2.05) is 18.2 Å². The van der Waals surface area contributed by atoms with Crippen LogP contribution < -0.4 is 5.73 Å². The second-order valence-corrected chi connectivity index (χ2v) is 3.80. The number of rotatable bonds is 5. The molecule has 0 bridgehead atoms. The summed E-state index contributed by atoms with van der Waals surface area (Å²) in [7, 11) is 0. The third kappa shape index (κ3) is 4.08. The molecule has 1 aromatic rings. The molecule has 0 heterocycles. The molecule has 0 saturated heterocycles. The minimum absolute atomic E-state index is 0.203. The van der Waals surface area contributed by atoms with Crippen LogP contribution in [0.3, 0.4) is 0 Å². The van der Waals surface area contributed by atoms with Gasteiger partial charge in [-0.2, -0.15) is 0 Å². The Kier molecular flexibility index (Phi) is 4.17. The fourth-order valence-electron chi connectivity index (χ4n) is 1.50. The lowest BCUT2D eigenvalue weighted by atomic mass is 9.98. The lowest BCUT2D eigenvalue weighted by Gasteiger charge is -2.08. The van der Waals surface area contributed by atoms with Gasteiger partial charge in [0.2, 0.25) is 5.91 Å². The number of benzene rings is 1. The van der Waals surface area contributed by atoms with Gasteiger partial charge in [-0.1, -0.05) is 37.3 Å². The number of carbonyl (C=O) groups excluding carboxylic acids is 1. The van der Waals surface area contributed by atoms with Crippen LogP contribution >= 0.6 is 0 Å². The highest BCUT2D eigenvalue weighted by atomic mass is 16.1. The van der Waals surface area contributed by atoms with Crippen molar-refractivity contribution in [1.82, 2.24) is 0 Å². The lowest BCUT2D eigenvalue weighted by molar-refractivity contribution is -0.118. The van der Waals surface area contributed by atoms with Crippen molar-refractivity contribution in [1.29, 1.82) is 0 Å². The first-order chi connectivity index (χ1) is 6.68. The standard InChI is InChI=1S/C12H17NO/c1-10(9-12(13)14)7-8-11-5-3-2-4-6-11/h2-6,10H,7-9H2,1H3,(H2,13,14). The summed E-state index contributed by atoms with van der Waals surface area (Å²) in [5.74, 6) is 0.179. The van der Waals surface area contributed by atoms with Gasteiger partial charge in [-0.05, 0) is 24.3 Å². The Morgan fingerprint density at radius 1 is 1.36 bits per heavy atom. The van der Waals surface area contributed by atoms with Crippen LogP contribution in [0.2, 0.25) is 0 Å². The van der Waals surface area contributed by atoms with E-state index in [2.05, 4.69) is 19.1 Å². The molecule has 0 saturated carbocycles. The highest BCUT2D eigenvalue weighted by Crippen LogP contribution is 2.11. The average molecular weight is 191 g/mol. The smallest absolute Gasteiger partial charge is 0.217 e. The van der Waals surface area contributed by atoms with Crippen molar-refractivity contribution < 1.29 is 4.79 Å². The van der Waals surface area contributed by atoms with Gasteiger partial charge in [0.1, 0.15) is 0 Å². The maximum atomic E-state index is 10.6. The first-order valence-electron chi connectivity index (χ1n) is 5.00. The molecule has 1 atom stereocenters. The summed E-state index contributed by atoms with van der Waals surface area (Å²) in [5.41, 5.74) is 6.45. The molecule has 76 valence electrons. The maximum absolute atomic E-state index is 10.6. The number of hydrogen-bond acceptors (Lipinski definition) is 1. The highest BCUT2D eigenvalue weighted by molar-refractivity contribution is 5.73. The summed E-state index contributed by atoms with van der Waals surface area (Å²) in [6, 6.07) is 10.3. The molecule has 2 N–H and O–H groups in total. The van der Waals surface area contributed by atoms with Gasteiger partial charge in [0, 0.05) is 6.42 Å². The summed E-state index contributed by atoms with van der Waals surface area (Å²) in [6.07, 6.45) is 2.54. The highest BCUT2D eigenvalue weighted by Gasteiger charge is 2.05. The Morgan fingerprint density at radius 3 is 2.57 bits per heavy atom. The van der Waals surface area contributed by atoms with E-state index >= 15 is 0 Å². The molecule has 0 fully saturated rings. The maximum Gasteiger partial charge on any atom is 0.217 e. The second kappa shape index (κ2) is 5.43. The van der Waals surface area contributed by atoms with E-state index in [4.69, 9.17) is 5.73 Å². The van der Waals surface area contributed by atoms with E-state index in [0.29, 0.717) is 12.3 Å². The van der Waals surface area contributed by atoms with Gasteiger partial charge >= 0.3 is 0 Å². The van der Waals surface area contributed by atoms with Crippen molar-refractivity contribution in [3.8, 4) is 0 Å². The molecule has 0 aliphatic heterocycles. The van der Waals surface area contributed by atoms with Crippen LogP contribution in [0.25, 0.3) is 0 Å². The van der Waals surface area contributed by atoms with E-state index < -0.39 is 0 Å². The molecule has 1 amide bonds. The van der Waals surface area contributed by atoms with Gasteiger partial charge in [0.05, 0.1) is 0 Å². The fourth-order valence-corrected chi connectivity index (χ4v) is 1.50. The molecule has 14 heavy (non-hydrogen) atoms. The molecule has 2 nitrogen and oxygen atoms in total. The number of carbonyl (C=O) groups is 1. The molecule has 2 heteroatoms. The predicted octanol–water partition coefficient (Wildman–Crippen LogP) is 2.13. The molecular weight excluding hydrogens is 174 g/mol. The van der Waals surface area contributed by atoms with Crippen LogP contribution in [-0.4, -0.2) is 5.91 Å². The van der Waals surface area contributed by atoms with Crippen LogP contribution in [0.5, 0.6) is 0 Å². The zero-order chi connectivity index (χ0) is 10.4. The third-order valence-corrected chi connectivity index (χ3v) is 2.32. The van der Waals surface area contributed by atoms with Gasteiger partial charge in [-0.3, -0.25) is 4.79 Å². The molecular formula is C12H17NO. The first-order valence-corrected chi connectivity index (χ1v) is 5.00. The third-order valence-electron chi connectivity index (χ3n) is 2.32. The quantitative estimate of drug-likeness (QED) is 0.761. The first kappa shape index (κ1) is 10.8. The van der Waals surface area contributed by atoms with E-state index in [9.17, 15) is 4.79 Å².